The third kappa shape index (κ3) is 2.51. The van der Waals surface area contributed by atoms with Crippen LogP contribution in [0.2, 0.25) is 0 Å². The molecule has 2 aromatic heterocycles. The lowest BCUT2D eigenvalue weighted by molar-refractivity contribution is 0.617. The first-order chi connectivity index (χ1) is 11.1. The maximum absolute atomic E-state index is 13.5. The molecule has 0 N–H and O–H groups in total. The molecular formula is C17H16BrFN4. The van der Waals surface area contributed by atoms with Crippen LogP contribution in [-0.2, 0) is 0 Å². The van der Waals surface area contributed by atoms with Crippen molar-refractivity contribution in [1.29, 1.82) is 0 Å². The molecule has 118 valence electrons. The van der Waals surface area contributed by atoms with E-state index in [-0.39, 0.29) is 11.9 Å². The number of hydrogen-bond acceptors (Lipinski definition) is 3. The van der Waals surface area contributed by atoms with E-state index in [1.807, 2.05) is 37.5 Å². The Labute approximate surface area is 142 Å². The summed E-state index contributed by atoms with van der Waals surface area (Å²) in [5.74, 6) is 0.719. The molecule has 0 amide bonds. The molecule has 0 spiro atoms. The summed E-state index contributed by atoms with van der Waals surface area (Å²) in [6.45, 7) is 2.97. The van der Waals surface area contributed by atoms with Crippen LogP contribution in [0.15, 0.2) is 41.1 Å². The molecule has 3 heterocycles. The minimum absolute atomic E-state index is 0.227. The van der Waals surface area contributed by atoms with Crippen LogP contribution in [0.3, 0.4) is 0 Å². The zero-order valence-corrected chi connectivity index (χ0v) is 14.3. The van der Waals surface area contributed by atoms with Crippen LogP contribution < -0.4 is 4.90 Å². The minimum Gasteiger partial charge on any atom is -0.349 e. The third-order valence-electron chi connectivity index (χ3n) is 4.41. The predicted octanol–water partition coefficient (Wildman–Crippen LogP) is 4.28. The molecule has 0 bridgehead atoms. The highest BCUT2D eigenvalue weighted by atomic mass is 79.9. The second-order valence-corrected chi connectivity index (χ2v) is 6.76. The van der Waals surface area contributed by atoms with E-state index in [2.05, 4.69) is 25.9 Å². The Kier molecular flexibility index (Phi) is 3.56. The van der Waals surface area contributed by atoms with Gasteiger partial charge in [0.15, 0.2) is 5.65 Å². The molecule has 0 radical (unpaired) electrons. The summed E-state index contributed by atoms with van der Waals surface area (Å²) in [6, 6.07) is 7.49. The Morgan fingerprint density at radius 2 is 2.17 bits per heavy atom. The number of nitrogens with zero attached hydrogens (tertiary/aromatic N) is 4. The van der Waals surface area contributed by atoms with Gasteiger partial charge < -0.3 is 4.90 Å². The average molecular weight is 375 g/mol. The fourth-order valence-electron chi connectivity index (χ4n) is 3.24. The van der Waals surface area contributed by atoms with E-state index >= 15 is 0 Å². The van der Waals surface area contributed by atoms with E-state index in [1.54, 1.807) is 4.52 Å². The number of rotatable bonds is 2. The van der Waals surface area contributed by atoms with Crippen LogP contribution in [0.4, 0.5) is 10.2 Å². The fraction of sp³-hybridized carbons (Fsp3) is 0.294. The van der Waals surface area contributed by atoms with Gasteiger partial charge in [-0.2, -0.15) is 5.10 Å². The molecule has 0 aliphatic carbocycles. The monoisotopic (exact) mass is 374 g/mol. The smallest absolute Gasteiger partial charge is 0.160 e. The zero-order valence-electron chi connectivity index (χ0n) is 12.7. The van der Waals surface area contributed by atoms with Gasteiger partial charge in [-0.1, -0.05) is 6.07 Å². The molecule has 1 aromatic carbocycles. The fourth-order valence-corrected chi connectivity index (χ4v) is 3.64. The first-order valence-corrected chi connectivity index (χ1v) is 8.45. The second kappa shape index (κ2) is 5.60. The maximum Gasteiger partial charge on any atom is 0.160 e. The minimum atomic E-state index is -0.229. The van der Waals surface area contributed by atoms with Crippen molar-refractivity contribution in [1.82, 2.24) is 14.6 Å². The lowest BCUT2D eigenvalue weighted by Gasteiger charge is -2.26. The van der Waals surface area contributed by atoms with Crippen molar-refractivity contribution in [3.8, 4) is 0 Å². The Morgan fingerprint density at radius 1 is 1.30 bits per heavy atom. The van der Waals surface area contributed by atoms with E-state index in [9.17, 15) is 4.39 Å². The number of aryl methyl sites for hydroxylation is 1. The van der Waals surface area contributed by atoms with Crippen LogP contribution in [-0.4, -0.2) is 21.1 Å². The van der Waals surface area contributed by atoms with Gasteiger partial charge in [-0.3, -0.25) is 0 Å². The highest BCUT2D eigenvalue weighted by molar-refractivity contribution is 9.10. The van der Waals surface area contributed by atoms with E-state index in [1.165, 1.54) is 6.07 Å². The SMILES string of the molecule is Cc1cnn2ccc(N3CCC[C@@H]3c3ccc(F)c(Br)c3)nc12. The molecule has 23 heavy (non-hydrogen) atoms. The molecule has 0 saturated carbocycles. The van der Waals surface area contributed by atoms with Gasteiger partial charge in [0, 0.05) is 18.3 Å². The van der Waals surface area contributed by atoms with Crippen molar-refractivity contribution < 1.29 is 4.39 Å². The van der Waals surface area contributed by atoms with Crippen molar-refractivity contribution in [2.75, 3.05) is 11.4 Å². The third-order valence-corrected chi connectivity index (χ3v) is 5.01. The van der Waals surface area contributed by atoms with Crippen molar-refractivity contribution in [3.63, 3.8) is 0 Å². The topological polar surface area (TPSA) is 33.4 Å². The van der Waals surface area contributed by atoms with Gasteiger partial charge in [-0.15, -0.1) is 0 Å². The number of fused-ring (bicyclic) bond motifs is 1. The molecule has 0 unspecified atom stereocenters. The Balaban J connectivity index is 1.73. The summed E-state index contributed by atoms with van der Waals surface area (Å²) in [6.07, 6.45) is 5.92. The van der Waals surface area contributed by atoms with Crippen molar-refractivity contribution >= 4 is 27.4 Å². The molecule has 4 rings (SSSR count). The molecule has 1 saturated heterocycles. The van der Waals surface area contributed by atoms with Crippen molar-refractivity contribution in [3.05, 3.63) is 58.1 Å². The van der Waals surface area contributed by atoms with Crippen LogP contribution in [0.25, 0.3) is 5.65 Å². The van der Waals surface area contributed by atoms with Gasteiger partial charge in [0.25, 0.3) is 0 Å². The number of hydrogen-bond donors (Lipinski definition) is 0. The lowest BCUT2D eigenvalue weighted by Crippen LogP contribution is -2.23. The van der Waals surface area contributed by atoms with Gasteiger partial charge in [0.2, 0.25) is 0 Å². The summed E-state index contributed by atoms with van der Waals surface area (Å²) < 4.78 is 15.8. The van der Waals surface area contributed by atoms with Gasteiger partial charge in [0.1, 0.15) is 11.6 Å². The number of anilines is 1. The van der Waals surface area contributed by atoms with E-state index in [4.69, 9.17) is 4.98 Å². The normalized spacial score (nSPS) is 18.0. The molecule has 1 aliphatic rings. The molecule has 1 atom stereocenters. The van der Waals surface area contributed by atoms with Gasteiger partial charge in [-0.05, 0) is 59.5 Å². The summed E-state index contributed by atoms with van der Waals surface area (Å²) in [4.78, 5) is 7.07. The summed E-state index contributed by atoms with van der Waals surface area (Å²) in [7, 11) is 0. The molecule has 4 nitrogen and oxygen atoms in total. The van der Waals surface area contributed by atoms with Crippen LogP contribution >= 0.6 is 15.9 Å². The Hall–Kier alpha value is -1.95. The highest BCUT2D eigenvalue weighted by Crippen LogP contribution is 2.36. The van der Waals surface area contributed by atoms with Crippen LogP contribution in [0, 0.1) is 12.7 Å². The number of benzene rings is 1. The van der Waals surface area contributed by atoms with Crippen molar-refractivity contribution in [2.45, 2.75) is 25.8 Å². The summed E-state index contributed by atoms with van der Waals surface area (Å²) in [5.41, 5.74) is 3.06. The first-order valence-electron chi connectivity index (χ1n) is 7.66. The van der Waals surface area contributed by atoms with Gasteiger partial charge in [-0.25, -0.2) is 13.9 Å². The van der Waals surface area contributed by atoms with E-state index in [0.717, 1.165) is 42.0 Å². The van der Waals surface area contributed by atoms with Crippen molar-refractivity contribution in [2.24, 2.45) is 0 Å². The molecule has 1 fully saturated rings. The predicted molar refractivity (Wildman–Crippen MR) is 91.1 cm³/mol. The first kappa shape index (κ1) is 14.6. The highest BCUT2D eigenvalue weighted by Gasteiger charge is 2.27. The van der Waals surface area contributed by atoms with Gasteiger partial charge >= 0.3 is 0 Å². The van der Waals surface area contributed by atoms with E-state index < -0.39 is 0 Å². The largest absolute Gasteiger partial charge is 0.349 e. The van der Waals surface area contributed by atoms with Crippen LogP contribution in [0.1, 0.15) is 30.0 Å². The molecule has 1 aliphatic heterocycles. The average Bonchev–Trinajstić information content (AvgIpc) is 3.17. The summed E-state index contributed by atoms with van der Waals surface area (Å²) in [5, 5.41) is 4.27. The quantitative estimate of drug-likeness (QED) is 0.671. The maximum atomic E-state index is 13.5. The zero-order chi connectivity index (χ0) is 16.0. The molecule has 6 heteroatoms. The molecule has 3 aromatic rings. The van der Waals surface area contributed by atoms with E-state index in [0.29, 0.717) is 4.47 Å². The second-order valence-electron chi connectivity index (χ2n) is 5.91. The summed E-state index contributed by atoms with van der Waals surface area (Å²) >= 11 is 3.29. The van der Waals surface area contributed by atoms with Gasteiger partial charge in [0.05, 0.1) is 16.7 Å². The Morgan fingerprint density at radius 3 is 3.00 bits per heavy atom. The number of halogens is 2. The molecular weight excluding hydrogens is 359 g/mol. The Bertz CT molecular complexity index is 876. The number of aromatic nitrogens is 3. The van der Waals surface area contributed by atoms with Crippen LogP contribution in [0.5, 0.6) is 0 Å². The standard InChI is InChI=1S/C17H16BrFN4/c1-11-10-20-23-8-6-16(21-17(11)23)22-7-2-3-15(22)12-4-5-14(19)13(18)9-12/h4-6,8-10,15H,2-3,7H2,1H3/t15-/m1/s1. The lowest BCUT2D eigenvalue weighted by atomic mass is 10.0.